The number of amides is 6. The van der Waals surface area contributed by atoms with E-state index in [0.29, 0.717) is 5.56 Å². The average molecular weight is 674 g/mol. The Morgan fingerprint density at radius 2 is 1.54 bits per heavy atom. The van der Waals surface area contributed by atoms with E-state index >= 15 is 0 Å². The van der Waals surface area contributed by atoms with Crippen LogP contribution in [0.15, 0.2) is 35.3 Å². The number of aliphatic imine (C=N–C) groups is 1. The van der Waals surface area contributed by atoms with E-state index in [9.17, 15) is 38.7 Å². The van der Waals surface area contributed by atoms with Crippen molar-refractivity contribution in [1.82, 2.24) is 31.1 Å². The first-order valence-corrected chi connectivity index (χ1v) is 15.6. The second kappa shape index (κ2) is 18.8. The van der Waals surface area contributed by atoms with Gasteiger partial charge in [0.05, 0.1) is 19.5 Å². The minimum atomic E-state index is -1.60. The van der Waals surface area contributed by atoms with Crippen LogP contribution in [-0.4, -0.2) is 120 Å². The van der Waals surface area contributed by atoms with Gasteiger partial charge in [0.1, 0.15) is 24.2 Å². The molecule has 1 aliphatic rings. The Labute approximate surface area is 279 Å². The Balaban J connectivity index is 2.52. The average Bonchev–Trinajstić information content (AvgIpc) is 3.02. The van der Waals surface area contributed by atoms with Gasteiger partial charge in [-0.05, 0) is 30.7 Å². The van der Waals surface area contributed by atoms with Gasteiger partial charge in [0.2, 0.25) is 35.4 Å². The van der Waals surface area contributed by atoms with Crippen molar-refractivity contribution in [2.45, 2.75) is 70.1 Å². The highest BCUT2D eigenvalue weighted by molar-refractivity contribution is 5.97. The molecule has 1 aromatic carbocycles. The van der Waals surface area contributed by atoms with Crippen LogP contribution in [0.5, 0.6) is 0 Å². The minimum absolute atomic E-state index is 0.00256. The Hall–Kier alpha value is -5.22. The van der Waals surface area contributed by atoms with Crippen molar-refractivity contribution in [1.29, 1.82) is 0 Å². The number of carbonyl (C=O) groups is 7. The van der Waals surface area contributed by atoms with Gasteiger partial charge in [0.25, 0.3) is 0 Å². The number of nitrogens with zero attached hydrogens (tertiary/aromatic N) is 3. The molecule has 4 atom stereocenters. The molecule has 0 unspecified atom stereocenters. The van der Waals surface area contributed by atoms with Gasteiger partial charge in [0, 0.05) is 27.1 Å². The van der Waals surface area contributed by atoms with Gasteiger partial charge < -0.3 is 47.6 Å². The van der Waals surface area contributed by atoms with Crippen LogP contribution in [0.2, 0.25) is 0 Å². The van der Waals surface area contributed by atoms with Crippen LogP contribution in [0.4, 0.5) is 0 Å². The maximum absolute atomic E-state index is 13.8. The number of rotatable bonds is 10. The Morgan fingerprint density at radius 3 is 2.15 bits per heavy atom. The van der Waals surface area contributed by atoms with E-state index in [1.165, 1.54) is 14.1 Å². The topological polar surface area (TPSA) is 259 Å². The molecular formula is C31H47N9O8. The highest BCUT2D eigenvalue weighted by Gasteiger charge is 2.36. The summed E-state index contributed by atoms with van der Waals surface area (Å²) in [5.41, 5.74) is 11.4. The Morgan fingerprint density at radius 1 is 0.896 bits per heavy atom. The van der Waals surface area contributed by atoms with E-state index in [2.05, 4.69) is 26.3 Å². The fourth-order valence-corrected chi connectivity index (χ4v) is 5.10. The minimum Gasteiger partial charge on any atom is -0.481 e. The first-order chi connectivity index (χ1) is 22.6. The second-order valence-electron chi connectivity index (χ2n) is 12.0. The standard InChI is InChI=1S/C31H47N9O8/c1-18(2)13-20-27(45)36-17-25(42)39(3)22(11-8-12-34-31(32)33)28(46)35-16-24(41)37-21(15-26(43)44)30(48)40(4)23(29(47)38-20)14-19-9-6-5-7-10-19/h5-7,9-10,18,20-23H,8,11-17H2,1-4H3,(H,35,46)(H,36,45)(H,37,41)(H,38,47)(H,43,44)(H4,32,33,34)/t20-,21-,22-,23+/m0/s1. The zero-order chi connectivity index (χ0) is 36.0. The maximum atomic E-state index is 13.8. The third-order valence-corrected chi connectivity index (χ3v) is 7.67. The lowest BCUT2D eigenvalue weighted by atomic mass is 10.00. The molecule has 0 radical (unpaired) electrons. The second-order valence-corrected chi connectivity index (χ2v) is 12.0. The van der Waals surface area contributed by atoms with Gasteiger partial charge in [-0.25, -0.2) is 0 Å². The number of benzene rings is 1. The summed E-state index contributed by atoms with van der Waals surface area (Å²) in [7, 11) is 2.66. The van der Waals surface area contributed by atoms with Gasteiger partial charge in [0.15, 0.2) is 5.96 Å². The lowest BCUT2D eigenvalue weighted by Crippen LogP contribution is -2.59. The van der Waals surface area contributed by atoms with Crippen LogP contribution in [0.25, 0.3) is 0 Å². The molecule has 0 aromatic heterocycles. The number of aliphatic carboxylic acids is 1. The molecule has 1 fully saturated rings. The molecule has 1 heterocycles. The highest BCUT2D eigenvalue weighted by Crippen LogP contribution is 2.14. The van der Waals surface area contributed by atoms with Gasteiger partial charge in [-0.15, -0.1) is 0 Å². The van der Waals surface area contributed by atoms with Crippen LogP contribution in [-0.2, 0) is 40.0 Å². The van der Waals surface area contributed by atoms with E-state index < -0.39 is 85.1 Å². The van der Waals surface area contributed by atoms with E-state index in [1.807, 2.05) is 13.8 Å². The van der Waals surface area contributed by atoms with Crippen LogP contribution in [0.1, 0.15) is 45.1 Å². The summed E-state index contributed by atoms with van der Waals surface area (Å²) >= 11 is 0. The molecule has 1 saturated heterocycles. The van der Waals surface area contributed by atoms with Gasteiger partial charge in [-0.2, -0.15) is 0 Å². The van der Waals surface area contributed by atoms with E-state index in [-0.39, 0.29) is 44.1 Å². The first kappa shape index (κ1) is 39.0. The zero-order valence-corrected chi connectivity index (χ0v) is 27.7. The number of nitrogens with two attached hydrogens (primary N) is 2. The fraction of sp³-hybridized carbons (Fsp3) is 0.548. The molecule has 6 amide bonds. The summed E-state index contributed by atoms with van der Waals surface area (Å²) in [4.78, 5) is 98.0. The molecule has 0 spiro atoms. The van der Waals surface area contributed by atoms with Crippen LogP contribution >= 0.6 is 0 Å². The Bertz CT molecular complexity index is 1350. The molecule has 2 rings (SSSR count). The number of nitrogens with one attached hydrogen (secondary N) is 4. The van der Waals surface area contributed by atoms with Crippen molar-refractivity contribution in [3.05, 3.63) is 35.9 Å². The summed E-state index contributed by atoms with van der Waals surface area (Å²) < 4.78 is 0. The molecule has 1 aliphatic heterocycles. The molecule has 17 nitrogen and oxygen atoms in total. The molecular weight excluding hydrogens is 626 g/mol. The van der Waals surface area contributed by atoms with Crippen molar-refractivity contribution in [3.63, 3.8) is 0 Å². The SMILES string of the molecule is CC(C)C[C@@H]1NC(=O)[C@@H](Cc2ccccc2)N(C)C(=O)[C@H](CC(=O)O)NC(=O)CNC(=O)[C@H](CCCN=C(N)N)N(C)C(=O)CNC1=O. The van der Waals surface area contributed by atoms with Crippen LogP contribution in [0.3, 0.4) is 0 Å². The van der Waals surface area contributed by atoms with Crippen molar-refractivity contribution >= 4 is 47.4 Å². The molecule has 9 N–H and O–H groups in total. The number of carbonyl (C=O) groups excluding carboxylic acids is 6. The molecule has 0 aliphatic carbocycles. The van der Waals surface area contributed by atoms with Crippen molar-refractivity contribution in [3.8, 4) is 0 Å². The summed E-state index contributed by atoms with van der Waals surface area (Å²) in [5.74, 6) is -6.07. The largest absolute Gasteiger partial charge is 0.481 e. The third-order valence-electron chi connectivity index (χ3n) is 7.67. The number of hydrogen-bond donors (Lipinski definition) is 7. The Kier molecular flexibility index (Phi) is 15.3. The molecule has 264 valence electrons. The molecule has 1 aromatic rings. The number of carboxylic acids is 1. The predicted molar refractivity (Wildman–Crippen MR) is 175 cm³/mol. The smallest absolute Gasteiger partial charge is 0.305 e. The predicted octanol–water partition coefficient (Wildman–Crippen LogP) is -2.33. The summed E-state index contributed by atoms with van der Waals surface area (Å²) in [6.07, 6.45) is -0.264. The van der Waals surface area contributed by atoms with Crippen molar-refractivity contribution in [2.24, 2.45) is 22.4 Å². The molecule has 48 heavy (non-hydrogen) atoms. The third kappa shape index (κ3) is 12.5. The fourth-order valence-electron chi connectivity index (χ4n) is 5.10. The summed E-state index contributed by atoms with van der Waals surface area (Å²) in [6.45, 7) is 2.68. The number of likely N-dealkylation sites (N-methyl/N-ethyl adjacent to an activating group) is 2. The van der Waals surface area contributed by atoms with E-state index in [4.69, 9.17) is 11.5 Å². The van der Waals surface area contributed by atoms with Crippen molar-refractivity contribution < 1.29 is 38.7 Å². The lowest BCUT2D eigenvalue weighted by Gasteiger charge is -2.32. The van der Waals surface area contributed by atoms with E-state index in [1.54, 1.807) is 30.3 Å². The quantitative estimate of drug-likeness (QED) is 0.0792. The molecule has 0 bridgehead atoms. The number of guanidine groups is 1. The van der Waals surface area contributed by atoms with Crippen LogP contribution in [0, 0.1) is 5.92 Å². The number of carboxylic acid groups (broad SMARTS) is 1. The molecule has 17 heteroatoms. The van der Waals surface area contributed by atoms with Gasteiger partial charge in [-0.1, -0.05) is 44.2 Å². The summed E-state index contributed by atoms with van der Waals surface area (Å²) in [5, 5.41) is 19.6. The lowest BCUT2D eigenvalue weighted by molar-refractivity contribution is -0.146. The zero-order valence-electron chi connectivity index (χ0n) is 27.7. The van der Waals surface area contributed by atoms with Crippen LogP contribution < -0.4 is 32.7 Å². The maximum Gasteiger partial charge on any atom is 0.305 e. The monoisotopic (exact) mass is 673 g/mol. The van der Waals surface area contributed by atoms with Gasteiger partial charge >= 0.3 is 5.97 Å². The van der Waals surface area contributed by atoms with E-state index in [0.717, 1.165) is 9.80 Å². The normalized spacial score (nSPS) is 22.2. The summed E-state index contributed by atoms with van der Waals surface area (Å²) in [6, 6.07) is 3.71. The molecule has 0 saturated carbocycles. The first-order valence-electron chi connectivity index (χ1n) is 15.6. The number of hydrogen-bond acceptors (Lipinski definition) is 8. The van der Waals surface area contributed by atoms with Gasteiger partial charge in [-0.3, -0.25) is 38.6 Å². The van der Waals surface area contributed by atoms with Crippen molar-refractivity contribution in [2.75, 3.05) is 33.7 Å². The highest BCUT2D eigenvalue weighted by atomic mass is 16.4.